The molecule has 0 aromatic heterocycles. The van der Waals surface area contributed by atoms with Crippen molar-refractivity contribution >= 4 is 56.4 Å². The smallest absolute Gasteiger partial charge is 0.349 e. The molecule has 0 saturated carbocycles. The van der Waals surface area contributed by atoms with E-state index < -0.39 is 35.3 Å². The van der Waals surface area contributed by atoms with Crippen molar-refractivity contribution in [1.29, 1.82) is 0 Å². The molecule has 2 heterocycles. The lowest BCUT2D eigenvalue weighted by Crippen LogP contribution is -2.52. The van der Waals surface area contributed by atoms with E-state index >= 15 is 0 Å². The Morgan fingerprint density at radius 3 is 2.62 bits per heavy atom. The second kappa shape index (κ2) is 8.87. The number of nitrogens with zero attached hydrogens (tertiary/aromatic N) is 1. The monoisotopic (exact) mass is 485 g/mol. The van der Waals surface area contributed by atoms with Gasteiger partial charge in [0.2, 0.25) is 11.8 Å². The summed E-state index contributed by atoms with van der Waals surface area (Å²) in [5.41, 5.74) is 1.32. The first kappa shape index (κ1) is 23.9. The van der Waals surface area contributed by atoms with Crippen LogP contribution in [0.4, 0.5) is 8.78 Å². The predicted octanol–water partition coefficient (Wildman–Crippen LogP) is -0.101. The Morgan fingerprint density at radius 1 is 1.21 bits per heavy atom. The second-order valence-electron chi connectivity index (χ2n) is 8.55. The highest BCUT2D eigenvalue weighted by molar-refractivity contribution is 6.37. The maximum Gasteiger partial charge on any atom is 0.349 e. The number of fused-ring (bicyclic) bond motifs is 1. The van der Waals surface area contributed by atoms with Crippen LogP contribution in [0, 0.1) is 0 Å². The lowest BCUT2D eigenvalue weighted by molar-refractivity contribution is -0.147. The number of hydrogen-bond acceptors (Lipinski definition) is 4. The molecule has 2 aliphatic rings. The maximum atomic E-state index is 14.8. The van der Waals surface area contributed by atoms with Gasteiger partial charge in [0.25, 0.3) is 11.8 Å². The highest BCUT2D eigenvalue weighted by Gasteiger charge is 2.43. The van der Waals surface area contributed by atoms with Gasteiger partial charge in [0.05, 0.1) is 0 Å². The van der Waals surface area contributed by atoms with Crippen LogP contribution in [0.5, 0.6) is 0 Å². The number of alkyl halides is 2. The van der Waals surface area contributed by atoms with E-state index in [2.05, 4.69) is 10.6 Å². The number of piperidine rings is 1. The first-order valence-electron chi connectivity index (χ1n) is 10.7. The van der Waals surface area contributed by atoms with Crippen molar-refractivity contribution in [3.8, 4) is 0 Å². The zero-order valence-corrected chi connectivity index (χ0v) is 19.2. The summed E-state index contributed by atoms with van der Waals surface area (Å²) in [6.45, 7) is 0.148. The first-order valence-corrected chi connectivity index (χ1v) is 11.1. The van der Waals surface area contributed by atoms with Crippen LogP contribution in [-0.4, -0.2) is 50.3 Å². The van der Waals surface area contributed by atoms with Gasteiger partial charge in [-0.2, -0.15) is 8.78 Å². The van der Waals surface area contributed by atoms with Crippen LogP contribution in [0.25, 0.3) is 0 Å². The third kappa shape index (κ3) is 4.32. The zero-order valence-electron chi connectivity index (χ0n) is 18.5. The standard InChI is InChI=1S/C22H20B2ClF2N3O4/c23-15-8-12(25)2-4-14(15)22(26,27)21(34)29-18(24)10-1-3-13-11(7-10)9-30(20(13)33)16-5-6-17(31)28-19(16)32/h1-4,7-8,16,18H,5-6,9,23-24H2,(H,29,34)(H,28,31,32). The van der Waals surface area contributed by atoms with Gasteiger partial charge < -0.3 is 10.2 Å². The van der Waals surface area contributed by atoms with E-state index in [0.717, 1.165) is 6.07 Å². The number of carbonyl (C=O) groups is 4. The van der Waals surface area contributed by atoms with Gasteiger partial charge in [0.15, 0.2) is 0 Å². The van der Waals surface area contributed by atoms with Crippen LogP contribution in [0.15, 0.2) is 36.4 Å². The molecule has 0 bridgehead atoms. The second-order valence-corrected chi connectivity index (χ2v) is 8.98. The molecule has 2 aromatic rings. The molecule has 1 saturated heterocycles. The average Bonchev–Trinajstić information content (AvgIpc) is 3.09. The number of nitrogens with one attached hydrogen (secondary N) is 2. The van der Waals surface area contributed by atoms with E-state index in [4.69, 9.17) is 11.6 Å². The fourth-order valence-electron chi connectivity index (χ4n) is 4.34. The molecular formula is C22H20B2ClF2N3O4. The van der Waals surface area contributed by atoms with Crippen LogP contribution >= 0.6 is 11.6 Å². The van der Waals surface area contributed by atoms with Crippen molar-refractivity contribution in [2.45, 2.75) is 37.3 Å². The Morgan fingerprint density at radius 2 is 1.94 bits per heavy atom. The average molecular weight is 485 g/mol. The molecular weight excluding hydrogens is 465 g/mol. The van der Waals surface area contributed by atoms with Crippen molar-refractivity contribution in [1.82, 2.24) is 15.5 Å². The van der Waals surface area contributed by atoms with Crippen LogP contribution < -0.4 is 16.1 Å². The summed E-state index contributed by atoms with van der Waals surface area (Å²) in [5.74, 6) is -7.21. The maximum absolute atomic E-state index is 14.8. The molecule has 2 aliphatic heterocycles. The summed E-state index contributed by atoms with van der Waals surface area (Å²) in [5, 5.41) is 4.88. The molecule has 7 nitrogen and oxygen atoms in total. The Balaban J connectivity index is 1.49. The van der Waals surface area contributed by atoms with Gasteiger partial charge in [-0.25, -0.2) is 0 Å². The van der Waals surface area contributed by atoms with E-state index in [0.29, 0.717) is 21.7 Å². The summed E-state index contributed by atoms with van der Waals surface area (Å²) in [6.07, 6.45) is 0.384. The topological polar surface area (TPSA) is 95.6 Å². The van der Waals surface area contributed by atoms with Gasteiger partial charge in [-0.05, 0) is 35.7 Å². The molecule has 12 heteroatoms. The minimum Gasteiger partial charge on any atom is -0.352 e. The molecule has 34 heavy (non-hydrogen) atoms. The molecule has 2 aromatic carbocycles. The summed E-state index contributed by atoms with van der Waals surface area (Å²) >= 11 is 5.83. The van der Waals surface area contributed by atoms with Crippen molar-refractivity contribution < 1.29 is 28.0 Å². The van der Waals surface area contributed by atoms with Crippen molar-refractivity contribution in [3.05, 3.63) is 63.7 Å². The van der Waals surface area contributed by atoms with Crippen LogP contribution in [0.3, 0.4) is 0 Å². The Kier molecular flexibility index (Phi) is 6.24. The highest BCUT2D eigenvalue weighted by atomic mass is 35.5. The Hall–Kier alpha value is -3.20. The zero-order chi connectivity index (χ0) is 24.8. The Labute approximate surface area is 201 Å². The molecule has 4 amide bonds. The minimum absolute atomic E-state index is 0.145. The number of hydrogen-bond donors (Lipinski definition) is 2. The summed E-state index contributed by atoms with van der Waals surface area (Å²) < 4.78 is 29.7. The molecule has 4 rings (SSSR count). The third-order valence-electron chi connectivity index (χ3n) is 6.21. The van der Waals surface area contributed by atoms with Crippen LogP contribution in [0.2, 0.25) is 5.02 Å². The van der Waals surface area contributed by atoms with E-state index in [-0.39, 0.29) is 36.7 Å². The van der Waals surface area contributed by atoms with Gasteiger partial charge in [-0.15, -0.1) is 0 Å². The molecule has 0 aliphatic carbocycles. The molecule has 2 atom stereocenters. The molecule has 1 fully saturated rings. The number of imide groups is 1. The van der Waals surface area contributed by atoms with E-state index in [9.17, 15) is 28.0 Å². The van der Waals surface area contributed by atoms with Gasteiger partial charge in [0, 0.05) is 35.1 Å². The lowest BCUT2D eigenvalue weighted by Gasteiger charge is -2.29. The Bertz CT molecular complexity index is 1230. The number of halogens is 3. The molecule has 2 unspecified atom stereocenters. The molecule has 0 spiro atoms. The first-order chi connectivity index (χ1) is 16.0. The highest BCUT2D eigenvalue weighted by Crippen LogP contribution is 2.31. The molecule has 174 valence electrons. The minimum atomic E-state index is -3.77. The van der Waals surface area contributed by atoms with Crippen LogP contribution in [-0.2, 0) is 26.9 Å². The van der Waals surface area contributed by atoms with E-state index in [1.807, 2.05) is 0 Å². The number of carbonyl (C=O) groups excluding carboxylic acids is 4. The van der Waals surface area contributed by atoms with E-state index in [1.54, 1.807) is 26.0 Å². The van der Waals surface area contributed by atoms with E-state index in [1.165, 1.54) is 24.9 Å². The van der Waals surface area contributed by atoms with Gasteiger partial charge in [-0.3, -0.25) is 24.5 Å². The number of rotatable bonds is 5. The predicted molar refractivity (Wildman–Crippen MR) is 125 cm³/mol. The summed E-state index contributed by atoms with van der Waals surface area (Å²) in [6, 6.07) is 7.86. The summed E-state index contributed by atoms with van der Waals surface area (Å²) in [7, 11) is 3.02. The molecule has 2 N–H and O–H groups in total. The largest absolute Gasteiger partial charge is 0.352 e. The molecule has 0 radical (unpaired) electrons. The van der Waals surface area contributed by atoms with Crippen molar-refractivity contribution in [2.75, 3.05) is 0 Å². The third-order valence-corrected chi connectivity index (χ3v) is 6.44. The van der Waals surface area contributed by atoms with Gasteiger partial charge in [0.1, 0.15) is 21.7 Å². The lowest BCUT2D eigenvalue weighted by atomic mass is 9.85. The number of amides is 4. The van der Waals surface area contributed by atoms with Crippen LogP contribution in [0.1, 0.15) is 45.8 Å². The quantitative estimate of drug-likeness (QED) is 0.457. The summed E-state index contributed by atoms with van der Waals surface area (Å²) in [4.78, 5) is 50.3. The number of benzene rings is 2. The fraction of sp³-hybridized carbons (Fsp3) is 0.273. The van der Waals surface area contributed by atoms with Gasteiger partial charge >= 0.3 is 5.92 Å². The van der Waals surface area contributed by atoms with Crippen molar-refractivity contribution in [2.24, 2.45) is 0 Å². The normalized spacial score (nSPS) is 19.0. The fourth-order valence-corrected chi connectivity index (χ4v) is 4.56. The SMILES string of the molecule is Bc1cc(Cl)ccc1C(F)(F)C(=O)NC(B)c1ccc2c(c1)CN(C1CCC(=O)NC1=O)C2=O. The van der Waals surface area contributed by atoms with Crippen molar-refractivity contribution in [3.63, 3.8) is 0 Å². The van der Waals surface area contributed by atoms with Gasteiger partial charge in [-0.1, -0.05) is 35.3 Å².